The summed E-state index contributed by atoms with van der Waals surface area (Å²) in [5.74, 6) is 0.177. The van der Waals surface area contributed by atoms with Crippen LogP contribution in [0.1, 0.15) is 12.0 Å². The summed E-state index contributed by atoms with van der Waals surface area (Å²) in [6.07, 6.45) is 1.47. The number of piperazine rings is 1. The Morgan fingerprint density at radius 3 is 2.61 bits per heavy atom. The molecule has 128 valence electrons. The van der Waals surface area contributed by atoms with Gasteiger partial charge < -0.3 is 10.2 Å². The first-order valence-corrected chi connectivity index (χ1v) is 8.55. The maximum atomic E-state index is 12.5. The lowest BCUT2D eigenvalue weighted by atomic mass is 10.1. The first-order chi connectivity index (χ1) is 10.6. The Labute approximate surface area is 153 Å². The van der Waals surface area contributed by atoms with Gasteiger partial charge in [-0.1, -0.05) is 29.3 Å². The number of benzene rings is 1. The number of hydrogen-bond acceptors (Lipinski definition) is 3. The Morgan fingerprint density at radius 2 is 1.91 bits per heavy atom. The van der Waals surface area contributed by atoms with E-state index in [-0.39, 0.29) is 18.3 Å². The number of likely N-dealkylation sites (tertiary alicyclic amines) is 1. The van der Waals surface area contributed by atoms with Gasteiger partial charge >= 0.3 is 0 Å². The number of carbonyl (C=O) groups is 1. The van der Waals surface area contributed by atoms with Crippen molar-refractivity contribution < 1.29 is 4.79 Å². The van der Waals surface area contributed by atoms with Crippen molar-refractivity contribution in [3.05, 3.63) is 33.8 Å². The lowest BCUT2D eigenvalue weighted by Gasteiger charge is -2.32. The van der Waals surface area contributed by atoms with E-state index in [1.54, 1.807) is 12.1 Å². The molecule has 1 aromatic rings. The fourth-order valence-electron chi connectivity index (χ4n) is 3.25. The van der Waals surface area contributed by atoms with E-state index in [4.69, 9.17) is 23.2 Å². The van der Waals surface area contributed by atoms with Gasteiger partial charge in [-0.3, -0.25) is 9.69 Å². The Hall–Kier alpha value is -0.520. The van der Waals surface area contributed by atoms with Crippen molar-refractivity contribution in [3.63, 3.8) is 0 Å². The quantitative estimate of drug-likeness (QED) is 0.877. The van der Waals surface area contributed by atoms with Crippen LogP contribution in [0.2, 0.25) is 10.0 Å². The Balaban J connectivity index is 0.00000192. The first kappa shape index (κ1) is 18.8. The summed E-state index contributed by atoms with van der Waals surface area (Å²) in [6.45, 7) is 5.97. The molecule has 2 heterocycles. The molecule has 2 aliphatic heterocycles. The number of rotatable bonds is 3. The minimum atomic E-state index is 0. The van der Waals surface area contributed by atoms with Crippen LogP contribution in [0.3, 0.4) is 0 Å². The van der Waals surface area contributed by atoms with Crippen LogP contribution >= 0.6 is 35.6 Å². The molecule has 23 heavy (non-hydrogen) atoms. The lowest BCUT2D eigenvalue weighted by molar-refractivity contribution is -0.129. The van der Waals surface area contributed by atoms with Gasteiger partial charge in [0.25, 0.3) is 0 Å². The van der Waals surface area contributed by atoms with Crippen LogP contribution in [0.5, 0.6) is 0 Å². The van der Waals surface area contributed by atoms with Crippen LogP contribution in [0.4, 0.5) is 0 Å². The summed E-state index contributed by atoms with van der Waals surface area (Å²) >= 11 is 11.9. The largest absolute Gasteiger partial charge is 0.341 e. The Kier molecular flexibility index (Phi) is 6.99. The van der Waals surface area contributed by atoms with Crippen molar-refractivity contribution >= 4 is 41.5 Å². The predicted octanol–water partition coefficient (Wildman–Crippen LogP) is 2.46. The summed E-state index contributed by atoms with van der Waals surface area (Å²) in [7, 11) is 0. The van der Waals surface area contributed by atoms with Crippen molar-refractivity contribution in [2.24, 2.45) is 0 Å². The molecule has 0 bridgehead atoms. The summed E-state index contributed by atoms with van der Waals surface area (Å²) in [4.78, 5) is 16.9. The molecule has 2 fully saturated rings. The molecule has 2 aliphatic rings. The van der Waals surface area contributed by atoms with Crippen LogP contribution in [0.25, 0.3) is 0 Å². The number of halogens is 3. The number of amides is 1. The van der Waals surface area contributed by atoms with Gasteiger partial charge in [0, 0.05) is 45.3 Å². The van der Waals surface area contributed by atoms with Gasteiger partial charge in [0.15, 0.2) is 0 Å². The first-order valence-electron chi connectivity index (χ1n) is 7.80. The smallest absolute Gasteiger partial charge is 0.227 e. The zero-order valence-electron chi connectivity index (χ0n) is 12.9. The molecule has 0 aliphatic carbocycles. The van der Waals surface area contributed by atoms with Gasteiger partial charge in [-0.2, -0.15) is 0 Å². The second-order valence-corrected chi connectivity index (χ2v) is 6.81. The van der Waals surface area contributed by atoms with E-state index in [0.29, 0.717) is 22.5 Å². The molecule has 1 amide bonds. The third-order valence-electron chi connectivity index (χ3n) is 4.52. The molecule has 1 N–H and O–H groups in total. The van der Waals surface area contributed by atoms with Gasteiger partial charge in [0.05, 0.1) is 16.5 Å². The maximum Gasteiger partial charge on any atom is 0.227 e. The molecular formula is C16H22Cl3N3O. The van der Waals surface area contributed by atoms with Gasteiger partial charge in [-0.15, -0.1) is 12.4 Å². The summed E-state index contributed by atoms with van der Waals surface area (Å²) < 4.78 is 0. The highest BCUT2D eigenvalue weighted by Gasteiger charge is 2.30. The minimum absolute atomic E-state index is 0. The second-order valence-electron chi connectivity index (χ2n) is 5.99. The molecule has 2 saturated heterocycles. The summed E-state index contributed by atoms with van der Waals surface area (Å²) in [5.41, 5.74) is 0.921. The molecule has 1 aromatic carbocycles. The topological polar surface area (TPSA) is 35.6 Å². The van der Waals surface area contributed by atoms with Gasteiger partial charge in [-0.05, 0) is 24.1 Å². The molecule has 0 radical (unpaired) electrons. The third-order valence-corrected chi connectivity index (χ3v) is 5.26. The summed E-state index contributed by atoms with van der Waals surface area (Å²) in [6, 6.07) is 5.92. The van der Waals surface area contributed by atoms with Crippen molar-refractivity contribution in [3.8, 4) is 0 Å². The summed E-state index contributed by atoms with van der Waals surface area (Å²) in [5, 5.41) is 4.40. The number of nitrogens with one attached hydrogen (secondary N) is 1. The molecule has 1 atom stereocenters. The predicted molar refractivity (Wildman–Crippen MR) is 96.8 cm³/mol. The van der Waals surface area contributed by atoms with Crippen LogP contribution in [0.15, 0.2) is 18.2 Å². The van der Waals surface area contributed by atoms with E-state index < -0.39 is 0 Å². The van der Waals surface area contributed by atoms with Crippen molar-refractivity contribution in [1.82, 2.24) is 15.1 Å². The minimum Gasteiger partial charge on any atom is -0.341 e. The fourth-order valence-corrected chi connectivity index (χ4v) is 3.57. The van der Waals surface area contributed by atoms with E-state index in [2.05, 4.69) is 10.2 Å². The third kappa shape index (κ3) is 4.74. The zero-order chi connectivity index (χ0) is 15.5. The number of hydrogen-bond donors (Lipinski definition) is 1. The Bertz CT molecular complexity index is 549. The van der Waals surface area contributed by atoms with Gasteiger partial charge in [-0.25, -0.2) is 0 Å². The second kappa shape index (κ2) is 8.54. The van der Waals surface area contributed by atoms with E-state index in [1.807, 2.05) is 11.0 Å². The van der Waals surface area contributed by atoms with Crippen LogP contribution in [-0.4, -0.2) is 61.0 Å². The average molecular weight is 379 g/mol. The average Bonchev–Trinajstić information content (AvgIpc) is 3.02. The van der Waals surface area contributed by atoms with Crippen LogP contribution in [-0.2, 0) is 11.2 Å². The lowest BCUT2D eigenvalue weighted by Crippen LogP contribution is -2.49. The van der Waals surface area contributed by atoms with Gasteiger partial charge in [0.2, 0.25) is 5.91 Å². The van der Waals surface area contributed by atoms with E-state index in [9.17, 15) is 4.79 Å². The highest BCUT2D eigenvalue weighted by Crippen LogP contribution is 2.23. The fraction of sp³-hybridized carbons (Fsp3) is 0.562. The molecule has 0 spiro atoms. The highest BCUT2D eigenvalue weighted by molar-refractivity contribution is 6.42. The van der Waals surface area contributed by atoms with E-state index in [1.165, 1.54) is 0 Å². The SMILES string of the molecule is Cl.O=C(Cc1ccc(Cl)c(Cl)c1)N1CCC(N2CCNCC2)C1. The van der Waals surface area contributed by atoms with E-state index in [0.717, 1.165) is 51.3 Å². The number of carbonyl (C=O) groups excluding carboxylic acids is 1. The van der Waals surface area contributed by atoms with Gasteiger partial charge in [0.1, 0.15) is 0 Å². The standard InChI is InChI=1S/C16H21Cl2N3O.ClH/c17-14-2-1-12(9-15(14)18)10-16(22)21-6-3-13(11-21)20-7-4-19-5-8-20;/h1-2,9,13,19H,3-8,10-11H2;1H. The van der Waals surface area contributed by atoms with Crippen molar-refractivity contribution in [2.75, 3.05) is 39.3 Å². The monoisotopic (exact) mass is 377 g/mol. The van der Waals surface area contributed by atoms with Crippen LogP contribution < -0.4 is 5.32 Å². The molecular weight excluding hydrogens is 357 g/mol. The zero-order valence-corrected chi connectivity index (χ0v) is 15.3. The Morgan fingerprint density at radius 1 is 1.17 bits per heavy atom. The molecule has 0 aromatic heterocycles. The molecule has 0 saturated carbocycles. The van der Waals surface area contributed by atoms with Crippen molar-refractivity contribution in [1.29, 1.82) is 0 Å². The van der Waals surface area contributed by atoms with Crippen molar-refractivity contribution in [2.45, 2.75) is 18.9 Å². The molecule has 7 heteroatoms. The highest BCUT2D eigenvalue weighted by atomic mass is 35.5. The molecule has 3 rings (SSSR count). The number of nitrogens with zero attached hydrogens (tertiary/aromatic N) is 2. The molecule has 1 unspecified atom stereocenters. The maximum absolute atomic E-state index is 12.5. The van der Waals surface area contributed by atoms with E-state index >= 15 is 0 Å². The van der Waals surface area contributed by atoms with Crippen LogP contribution in [0, 0.1) is 0 Å². The normalized spacial score (nSPS) is 22.0. The molecule has 4 nitrogen and oxygen atoms in total.